The first kappa shape index (κ1) is 15.0. The second kappa shape index (κ2) is 6.16. The zero-order valence-electron chi connectivity index (χ0n) is 13.8. The summed E-state index contributed by atoms with van der Waals surface area (Å²) in [6.45, 7) is 3.37. The summed E-state index contributed by atoms with van der Waals surface area (Å²) in [5.41, 5.74) is 1.15. The van der Waals surface area contributed by atoms with E-state index in [9.17, 15) is 4.79 Å². The molecule has 4 nitrogen and oxygen atoms in total. The number of hydrogen-bond acceptors (Lipinski definition) is 2. The molecule has 1 aromatic carbocycles. The van der Waals surface area contributed by atoms with Gasteiger partial charge in [-0.25, -0.2) is 4.79 Å². The predicted octanol–water partition coefficient (Wildman–Crippen LogP) is 3.35. The Bertz CT molecular complexity index is 542. The fourth-order valence-electron chi connectivity index (χ4n) is 3.73. The first-order valence-corrected chi connectivity index (χ1v) is 8.96. The molecule has 0 aromatic heterocycles. The Labute approximate surface area is 138 Å². The van der Waals surface area contributed by atoms with Crippen molar-refractivity contribution in [2.45, 2.75) is 50.9 Å². The van der Waals surface area contributed by atoms with Crippen LogP contribution in [0.25, 0.3) is 0 Å². The van der Waals surface area contributed by atoms with E-state index in [2.05, 4.69) is 24.4 Å². The van der Waals surface area contributed by atoms with Gasteiger partial charge in [-0.15, -0.1) is 0 Å². The molecule has 1 heterocycles. The summed E-state index contributed by atoms with van der Waals surface area (Å²) < 4.78 is 6.06. The maximum Gasteiger partial charge on any atom is 0.317 e. The number of amides is 2. The second-order valence-electron chi connectivity index (χ2n) is 7.40. The molecule has 2 saturated carbocycles. The fourth-order valence-corrected chi connectivity index (χ4v) is 3.73. The maximum absolute atomic E-state index is 12.8. The van der Waals surface area contributed by atoms with Crippen molar-refractivity contribution in [2.75, 3.05) is 13.1 Å². The van der Waals surface area contributed by atoms with Crippen LogP contribution in [0, 0.1) is 11.8 Å². The van der Waals surface area contributed by atoms with Crippen molar-refractivity contribution >= 4 is 6.03 Å². The minimum absolute atomic E-state index is 0.0222. The first-order chi connectivity index (χ1) is 11.2. The number of hydrogen-bond donors (Lipinski definition) is 1. The third-order valence-electron chi connectivity index (χ3n) is 5.27. The number of urea groups is 1. The highest BCUT2D eigenvalue weighted by atomic mass is 16.5. The molecule has 124 valence electrons. The average molecular weight is 314 g/mol. The standard InChI is InChI=1S/C19H26N2O2/c1-13-11-21(12-17(23-13)14-5-3-2-4-6-14)19(22)20-18(15-7-8-15)16-9-10-16/h2-6,13,15-18H,7-12H2,1H3,(H,20,22). The molecule has 2 amide bonds. The van der Waals surface area contributed by atoms with E-state index in [0.717, 1.165) is 17.4 Å². The van der Waals surface area contributed by atoms with Crippen LogP contribution in [0.5, 0.6) is 0 Å². The van der Waals surface area contributed by atoms with Gasteiger partial charge in [0, 0.05) is 12.6 Å². The number of nitrogens with one attached hydrogen (secondary N) is 1. The lowest BCUT2D eigenvalue weighted by atomic mass is 10.1. The summed E-state index contributed by atoms with van der Waals surface area (Å²) in [4.78, 5) is 14.7. The van der Waals surface area contributed by atoms with Gasteiger partial charge >= 0.3 is 6.03 Å². The molecule has 0 spiro atoms. The SMILES string of the molecule is CC1CN(C(=O)NC(C2CC2)C2CC2)CC(c2ccccc2)O1. The maximum atomic E-state index is 12.8. The summed E-state index contributed by atoms with van der Waals surface area (Å²) >= 11 is 0. The fraction of sp³-hybridized carbons (Fsp3) is 0.632. The Kier molecular flexibility index (Phi) is 4.02. The van der Waals surface area contributed by atoms with Gasteiger partial charge in [0.25, 0.3) is 0 Å². The van der Waals surface area contributed by atoms with Crippen molar-refractivity contribution in [1.29, 1.82) is 0 Å². The largest absolute Gasteiger partial charge is 0.367 e. The minimum atomic E-state index is -0.0222. The van der Waals surface area contributed by atoms with Gasteiger partial charge in [-0.05, 0) is 50.0 Å². The van der Waals surface area contributed by atoms with Gasteiger partial charge in [0.2, 0.25) is 0 Å². The molecule has 1 aliphatic heterocycles. The zero-order valence-corrected chi connectivity index (χ0v) is 13.8. The van der Waals surface area contributed by atoms with Crippen molar-refractivity contribution in [3.05, 3.63) is 35.9 Å². The van der Waals surface area contributed by atoms with E-state index in [4.69, 9.17) is 4.74 Å². The molecular formula is C19H26N2O2. The van der Waals surface area contributed by atoms with Crippen LogP contribution in [0.3, 0.4) is 0 Å². The van der Waals surface area contributed by atoms with Gasteiger partial charge < -0.3 is 15.0 Å². The number of benzene rings is 1. The lowest BCUT2D eigenvalue weighted by Gasteiger charge is -2.37. The summed E-state index contributed by atoms with van der Waals surface area (Å²) in [7, 11) is 0. The molecule has 4 heteroatoms. The number of carbonyl (C=O) groups is 1. The molecule has 3 fully saturated rings. The van der Waals surface area contributed by atoms with Crippen molar-refractivity contribution in [3.63, 3.8) is 0 Å². The molecular weight excluding hydrogens is 288 g/mol. The van der Waals surface area contributed by atoms with Crippen LogP contribution in [0.15, 0.2) is 30.3 Å². The zero-order chi connectivity index (χ0) is 15.8. The van der Waals surface area contributed by atoms with Crippen LogP contribution in [-0.4, -0.2) is 36.2 Å². The van der Waals surface area contributed by atoms with Crippen molar-refractivity contribution in [3.8, 4) is 0 Å². The molecule has 2 unspecified atom stereocenters. The van der Waals surface area contributed by atoms with Crippen LogP contribution < -0.4 is 5.32 Å². The number of morpholine rings is 1. The topological polar surface area (TPSA) is 41.6 Å². The van der Waals surface area contributed by atoms with Gasteiger partial charge in [-0.1, -0.05) is 30.3 Å². The van der Waals surface area contributed by atoms with Crippen LogP contribution >= 0.6 is 0 Å². The van der Waals surface area contributed by atoms with Crippen LogP contribution in [-0.2, 0) is 4.74 Å². The smallest absolute Gasteiger partial charge is 0.317 e. The molecule has 1 aromatic rings. The monoisotopic (exact) mass is 314 g/mol. The van der Waals surface area contributed by atoms with Gasteiger partial charge in [-0.2, -0.15) is 0 Å². The third kappa shape index (κ3) is 3.52. The van der Waals surface area contributed by atoms with Crippen LogP contribution in [0.1, 0.15) is 44.3 Å². The number of carbonyl (C=O) groups excluding carboxylic acids is 1. The molecule has 4 rings (SSSR count). The summed E-state index contributed by atoms with van der Waals surface area (Å²) in [6.07, 6.45) is 5.19. The quantitative estimate of drug-likeness (QED) is 0.926. The van der Waals surface area contributed by atoms with Crippen molar-refractivity contribution < 1.29 is 9.53 Å². The molecule has 2 atom stereocenters. The average Bonchev–Trinajstić information content (AvgIpc) is 3.46. The Morgan fingerprint density at radius 2 is 1.78 bits per heavy atom. The summed E-state index contributed by atoms with van der Waals surface area (Å²) in [5.74, 6) is 1.46. The minimum Gasteiger partial charge on any atom is -0.367 e. The van der Waals surface area contributed by atoms with E-state index >= 15 is 0 Å². The highest BCUT2D eigenvalue weighted by molar-refractivity contribution is 5.75. The molecule has 1 saturated heterocycles. The third-order valence-corrected chi connectivity index (χ3v) is 5.27. The van der Waals surface area contributed by atoms with Crippen molar-refractivity contribution in [1.82, 2.24) is 10.2 Å². The van der Waals surface area contributed by atoms with Gasteiger partial charge in [0.1, 0.15) is 6.10 Å². The molecule has 2 aliphatic carbocycles. The Balaban J connectivity index is 1.41. The predicted molar refractivity (Wildman–Crippen MR) is 89.1 cm³/mol. The molecule has 1 N–H and O–H groups in total. The van der Waals surface area contributed by atoms with Crippen LogP contribution in [0.2, 0.25) is 0 Å². The molecule has 0 bridgehead atoms. The number of nitrogens with zero attached hydrogens (tertiary/aromatic N) is 1. The second-order valence-corrected chi connectivity index (χ2v) is 7.40. The Hall–Kier alpha value is -1.55. The van der Waals surface area contributed by atoms with E-state index in [-0.39, 0.29) is 18.2 Å². The van der Waals surface area contributed by atoms with Gasteiger partial charge in [-0.3, -0.25) is 0 Å². The summed E-state index contributed by atoms with van der Waals surface area (Å²) in [5, 5.41) is 3.33. The Morgan fingerprint density at radius 1 is 1.13 bits per heavy atom. The normalized spacial score (nSPS) is 28.0. The van der Waals surface area contributed by atoms with E-state index in [0.29, 0.717) is 19.1 Å². The molecule has 3 aliphatic rings. The number of rotatable bonds is 4. The Morgan fingerprint density at radius 3 is 2.39 bits per heavy atom. The molecule has 0 radical (unpaired) electrons. The molecule has 23 heavy (non-hydrogen) atoms. The first-order valence-electron chi connectivity index (χ1n) is 8.96. The van der Waals surface area contributed by atoms with E-state index < -0.39 is 0 Å². The van der Waals surface area contributed by atoms with Crippen molar-refractivity contribution in [2.24, 2.45) is 11.8 Å². The lowest BCUT2D eigenvalue weighted by Crippen LogP contribution is -2.52. The van der Waals surface area contributed by atoms with E-state index in [1.807, 2.05) is 23.1 Å². The highest BCUT2D eigenvalue weighted by Crippen LogP contribution is 2.44. The van der Waals surface area contributed by atoms with E-state index in [1.54, 1.807) is 0 Å². The summed E-state index contributed by atoms with van der Waals surface area (Å²) in [6, 6.07) is 10.7. The van der Waals surface area contributed by atoms with Crippen LogP contribution in [0.4, 0.5) is 4.79 Å². The number of ether oxygens (including phenoxy) is 1. The lowest BCUT2D eigenvalue weighted by molar-refractivity contribution is -0.0660. The van der Waals surface area contributed by atoms with Gasteiger partial charge in [0.15, 0.2) is 0 Å². The highest BCUT2D eigenvalue weighted by Gasteiger charge is 2.43. The van der Waals surface area contributed by atoms with Gasteiger partial charge in [0.05, 0.1) is 12.6 Å². The van der Waals surface area contributed by atoms with E-state index in [1.165, 1.54) is 25.7 Å².